The highest BCUT2D eigenvalue weighted by molar-refractivity contribution is 5.66. The van der Waals surface area contributed by atoms with Gasteiger partial charge in [0.05, 0.1) is 12.8 Å². The predicted octanol–water partition coefficient (Wildman–Crippen LogP) is 3.17. The molecule has 1 aliphatic rings. The van der Waals surface area contributed by atoms with Gasteiger partial charge in [-0.15, -0.1) is 0 Å². The minimum absolute atomic E-state index is 0.583. The number of hydrogen-bond acceptors (Lipinski definition) is 3. The van der Waals surface area contributed by atoms with Gasteiger partial charge in [0.1, 0.15) is 5.75 Å². The van der Waals surface area contributed by atoms with Crippen molar-refractivity contribution in [1.29, 1.82) is 0 Å². The van der Waals surface area contributed by atoms with Crippen molar-refractivity contribution in [2.24, 2.45) is 0 Å². The lowest BCUT2D eigenvalue weighted by Crippen LogP contribution is -2.39. The zero-order chi connectivity index (χ0) is 13.8. The maximum Gasteiger partial charge on any atom is 0.145 e. The van der Waals surface area contributed by atoms with Gasteiger partial charge >= 0.3 is 0 Å². The molecule has 1 fully saturated rings. The molecule has 1 atom stereocenters. The van der Waals surface area contributed by atoms with E-state index in [0.29, 0.717) is 6.04 Å². The van der Waals surface area contributed by atoms with Crippen molar-refractivity contribution < 1.29 is 4.74 Å². The predicted molar refractivity (Wildman–Crippen MR) is 81.3 cm³/mol. The molecule has 1 aromatic carbocycles. The summed E-state index contributed by atoms with van der Waals surface area (Å²) in [6.45, 7) is 8.52. The number of aryl methyl sites for hydroxylation is 2. The van der Waals surface area contributed by atoms with Gasteiger partial charge in [-0.25, -0.2) is 0 Å². The highest BCUT2D eigenvalue weighted by Gasteiger charge is 2.16. The third-order valence-corrected chi connectivity index (χ3v) is 4.13. The van der Waals surface area contributed by atoms with Gasteiger partial charge in [-0.2, -0.15) is 0 Å². The number of methoxy groups -OCH3 is 1. The summed E-state index contributed by atoms with van der Waals surface area (Å²) < 4.78 is 5.59. The standard InChI is InChI=1S/C16H26N2O/c1-11-9-12(2)15(16(19-4)13(11)3)18-10-14-7-5-6-8-17-14/h9,14,17-18H,5-8,10H2,1-4H3. The monoisotopic (exact) mass is 262 g/mol. The highest BCUT2D eigenvalue weighted by atomic mass is 16.5. The first kappa shape index (κ1) is 14.2. The molecule has 1 heterocycles. The van der Waals surface area contributed by atoms with E-state index < -0.39 is 0 Å². The van der Waals surface area contributed by atoms with E-state index in [0.717, 1.165) is 24.5 Å². The molecule has 2 rings (SSSR count). The fourth-order valence-corrected chi connectivity index (χ4v) is 2.85. The summed E-state index contributed by atoms with van der Waals surface area (Å²) >= 11 is 0. The molecule has 1 saturated heterocycles. The molecule has 2 N–H and O–H groups in total. The van der Waals surface area contributed by atoms with Crippen LogP contribution in [-0.2, 0) is 0 Å². The first-order chi connectivity index (χ1) is 9.13. The lowest BCUT2D eigenvalue weighted by atomic mass is 10.0. The van der Waals surface area contributed by atoms with Gasteiger partial charge in [-0.3, -0.25) is 0 Å². The molecule has 0 saturated carbocycles. The van der Waals surface area contributed by atoms with Crippen molar-refractivity contribution in [2.45, 2.75) is 46.1 Å². The summed E-state index contributed by atoms with van der Waals surface area (Å²) in [6.07, 6.45) is 3.91. The molecule has 1 unspecified atom stereocenters. The Balaban J connectivity index is 2.12. The average molecular weight is 262 g/mol. The van der Waals surface area contributed by atoms with E-state index in [9.17, 15) is 0 Å². The quantitative estimate of drug-likeness (QED) is 0.874. The van der Waals surface area contributed by atoms with Crippen LogP contribution in [0.15, 0.2) is 6.07 Å². The van der Waals surface area contributed by atoms with Crippen LogP contribution in [0, 0.1) is 20.8 Å². The Morgan fingerprint density at radius 1 is 1.26 bits per heavy atom. The molecule has 3 heteroatoms. The Hall–Kier alpha value is -1.22. The smallest absolute Gasteiger partial charge is 0.145 e. The van der Waals surface area contributed by atoms with E-state index in [1.54, 1.807) is 7.11 Å². The Morgan fingerprint density at radius 2 is 2.05 bits per heavy atom. The molecule has 106 valence electrons. The molecule has 19 heavy (non-hydrogen) atoms. The number of nitrogens with one attached hydrogen (secondary N) is 2. The molecule has 0 aromatic heterocycles. The van der Waals surface area contributed by atoms with Crippen LogP contribution in [0.2, 0.25) is 0 Å². The molecular formula is C16H26N2O. The normalized spacial score (nSPS) is 19.3. The minimum Gasteiger partial charge on any atom is -0.494 e. The maximum atomic E-state index is 5.59. The molecule has 0 spiro atoms. The van der Waals surface area contributed by atoms with E-state index in [1.165, 1.54) is 36.0 Å². The fourth-order valence-electron chi connectivity index (χ4n) is 2.85. The van der Waals surface area contributed by atoms with Gasteiger partial charge in [0.2, 0.25) is 0 Å². The van der Waals surface area contributed by atoms with Crippen molar-refractivity contribution in [1.82, 2.24) is 5.32 Å². The molecule has 3 nitrogen and oxygen atoms in total. The largest absolute Gasteiger partial charge is 0.494 e. The Kier molecular flexibility index (Phi) is 4.70. The van der Waals surface area contributed by atoms with Crippen LogP contribution in [-0.4, -0.2) is 26.2 Å². The molecular weight excluding hydrogens is 236 g/mol. The Labute approximate surface area is 116 Å². The van der Waals surface area contributed by atoms with Crippen molar-refractivity contribution >= 4 is 5.69 Å². The zero-order valence-electron chi connectivity index (χ0n) is 12.6. The van der Waals surface area contributed by atoms with E-state index in [4.69, 9.17) is 4.74 Å². The van der Waals surface area contributed by atoms with Crippen LogP contribution in [0.4, 0.5) is 5.69 Å². The van der Waals surface area contributed by atoms with Crippen LogP contribution in [0.3, 0.4) is 0 Å². The first-order valence-corrected chi connectivity index (χ1v) is 7.25. The second-order valence-electron chi connectivity index (χ2n) is 5.57. The van der Waals surface area contributed by atoms with Crippen molar-refractivity contribution in [3.63, 3.8) is 0 Å². The Morgan fingerprint density at radius 3 is 2.68 bits per heavy atom. The molecule has 1 aromatic rings. The molecule has 0 aliphatic carbocycles. The number of rotatable bonds is 4. The van der Waals surface area contributed by atoms with Gasteiger partial charge in [-0.1, -0.05) is 12.5 Å². The number of ether oxygens (including phenoxy) is 1. The summed E-state index contributed by atoms with van der Waals surface area (Å²) in [4.78, 5) is 0. The van der Waals surface area contributed by atoms with Crippen molar-refractivity contribution in [2.75, 3.05) is 25.5 Å². The van der Waals surface area contributed by atoms with E-state index in [2.05, 4.69) is 37.5 Å². The van der Waals surface area contributed by atoms with E-state index >= 15 is 0 Å². The van der Waals surface area contributed by atoms with Gasteiger partial charge < -0.3 is 15.4 Å². The summed E-state index contributed by atoms with van der Waals surface area (Å²) in [5.41, 5.74) is 4.93. The minimum atomic E-state index is 0.583. The topological polar surface area (TPSA) is 33.3 Å². The molecule has 1 aliphatic heterocycles. The van der Waals surface area contributed by atoms with E-state index in [-0.39, 0.29) is 0 Å². The van der Waals surface area contributed by atoms with Crippen LogP contribution in [0.5, 0.6) is 5.75 Å². The lowest BCUT2D eigenvalue weighted by molar-refractivity contribution is 0.406. The summed E-state index contributed by atoms with van der Waals surface area (Å²) in [7, 11) is 1.76. The summed E-state index contributed by atoms with van der Waals surface area (Å²) in [5.74, 6) is 0.994. The molecule has 0 radical (unpaired) electrons. The number of anilines is 1. The second-order valence-corrected chi connectivity index (χ2v) is 5.57. The lowest BCUT2D eigenvalue weighted by Gasteiger charge is -2.25. The summed E-state index contributed by atoms with van der Waals surface area (Å²) in [6, 6.07) is 2.81. The Bertz CT molecular complexity index is 437. The van der Waals surface area contributed by atoms with Gasteiger partial charge in [0, 0.05) is 12.6 Å². The third kappa shape index (κ3) is 3.21. The second kappa shape index (κ2) is 6.29. The van der Waals surface area contributed by atoms with Crippen LogP contribution >= 0.6 is 0 Å². The summed E-state index contributed by atoms with van der Waals surface area (Å²) in [5, 5.41) is 7.15. The van der Waals surface area contributed by atoms with Crippen LogP contribution < -0.4 is 15.4 Å². The highest BCUT2D eigenvalue weighted by Crippen LogP contribution is 2.34. The van der Waals surface area contributed by atoms with Crippen LogP contribution in [0.25, 0.3) is 0 Å². The molecule has 0 bridgehead atoms. The first-order valence-electron chi connectivity index (χ1n) is 7.25. The zero-order valence-corrected chi connectivity index (χ0v) is 12.6. The van der Waals surface area contributed by atoms with Crippen molar-refractivity contribution in [3.05, 3.63) is 22.8 Å². The van der Waals surface area contributed by atoms with Gasteiger partial charge in [0.25, 0.3) is 0 Å². The number of benzene rings is 1. The van der Waals surface area contributed by atoms with E-state index in [1.807, 2.05) is 0 Å². The van der Waals surface area contributed by atoms with Gasteiger partial charge in [0.15, 0.2) is 0 Å². The average Bonchev–Trinajstić information content (AvgIpc) is 2.42. The number of piperidine rings is 1. The fraction of sp³-hybridized carbons (Fsp3) is 0.625. The number of hydrogen-bond donors (Lipinski definition) is 2. The van der Waals surface area contributed by atoms with Gasteiger partial charge in [-0.05, 0) is 56.8 Å². The van der Waals surface area contributed by atoms with Crippen molar-refractivity contribution in [3.8, 4) is 5.75 Å². The SMILES string of the molecule is COc1c(C)c(C)cc(C)c1NCC1CCCCN1. The molecule has 0 amide bonds. The maximum absolute atomic E-state index is 5.59. The van der Waals surface area contributed by atoms with Crippen LogP contribution in [0.1, 0.15) is 36.0 Å². The third-order valence-electron chi connectivity index (χ3n) is 4.13.